The number of pyridine rings is 1. The van der Waals surface area contributed by atoms with Crippen LogP contribution >= 0.6 is 0 Å². The van der Waals surface area contributed by atoms with Crippen molar-refractivity contribution in [3.05, 3.63) is 60.4 Å². The van der Waals surface area contributed by atoms with Crippen LogP contribution in [0, 0.1) is 0 Å². The Morgan fingerprint density at radius 3 is 2.79 bits per heavy atom. The zero-order chi connectivity index (χ0) is 19.7. The second-order valence-electron chi connectivity index (χ2n) is 6.68. The van der Waals surface area contributed by atoms with Crippen molar-refractivity contribution in [2.45, 2.75) is 20.0 Å². The van der Waals surface area contributed by atoms with E-state index in [0.29, 0.717) is 12.1 Å². The normalized spacial score (nSPS) is 11.1. The van der Waals surface area contributed by atoms with E-state index in [1.54, 1.807) is 29.0 Å². The minimum atomic E-state index is -0.0919. The average Bonchev–Trinajstić information content (AvgIpc) is 3.36. The van der Waals surface area contributed by atoms with Crippen molar-refractivity contribution >= 4 is 16.8 Å². The van der Waals surface area contributed by atoms with E-state index < -0.39 is 0 Å². The summed E-state index contributed by atoms with van der Waals surface area (Å²) >= 11 is 0. The number of nitrogens with zero attached hydrogens (tertiary/aromatic N) is 7. The number of amides is 1. The van der Waals surface area contributed by atoms with Crippen LogP contribution in [0.1, 0.15) is 23.1 Å². The lowest BCUT2D eigenvalue weighted by molar-refractivity contribution is 0.0782. The molecule has 0 spiro atoms. The van der Waals surface area contributed by atoms with E-state index in [0.717, 1.165) is 34.5 Å². The van der Waals surface area contributed by atoms with Gasteiger partial charge >= 0.3 is 0 Å². The van der Waals surface area contributed by atoms with Gasteiger partial charge in [-0.3, -0.25) is 9.48 Å². The Hall–Kier alpha value is -3.55. The fraction of sp³-hybridized carbons (Fsp3) is 0.250. The molecule has 0 saturated carbocycles. The molecule has 0 unspecified atom stereocenters. The van der Waals surface area contributed by atoms with E-state index in [2.05, 4.69) is 15.3 Å². The first-order chi connectivity index (χ1) is 13.6. The minimum Gasteiger partial charge on any atom is -0.334 e. The van der Waals surface area contributed by atoms with Crippen LogP contribution in [0.5, 0.6) is 0 Å². The van der Waals surface area contributed by atoms with Crippen LogP contribution in [-0.4, -0.2) is 47.4 Å². The van der Waals surface area contributed by atoms with Crippen molar-refractivity contribution in [3.8, 4) is 11.3 Å². The van der Waals surface area contributed by atoms with E-state index in [9.17, 15) is 4.79 Å². The summed E-state index contributed by atoms with van der Waals surface area (Å²) in [5.74, 6) is 0.629. The zero-order valence-corrected chi connectivity index (χ0v) is 16.1. The zero-order valence-electron chi connectivity index (χ0n) is 16.1. The monoisotopic (exact) mass is 375 g/mol. The van der Waals surface area contributed by atoms with Gasteiger partial charge in [0.15, 0.2) is 5.82 Å². The first-order valence-electron chi connectivity index (χ1n) is 9.07. The topological polar surface area (TPSA) is 81.7 Å². The molecule has 3 aromatic heterocycles. The van der Waals surface area contributed by atoms with Gasteiger partial charge in [-0.25, -0.2) is 4.98 Å². The van der Waals surface area contributed by atoms with Gasteiger partial charge in [-0.1, -0.05) is 18.2 Å². The van der Waals surface area contributed by atoms with Crippen molar-refractivity contribution in [1.82, 2.24) is 34.4 Å². The summed E-state index contributed by atoms with van der Waals surface area (Å²) in [6.07, 6.45) is 5.34. The minimum absolute atomic E-state index is 0.0919. The maximum absolute atomic E-state index is 13.3. The quantitative estimate of drug-likeness (QED) is 0.535. The molecule has 0 N–H and O–H groups in total. The molecule has 0 atom stereocenters. The Kier molecular flexibility index (Phi) is 4.60. The van der Waals surface area contributed by atoms with Gasteiger partial charge in [-0.2, -0.15) is 5.10 Å². The number of aryl methyl sites for hydroxylation is 2. The van der Waals surface area contributed by atoms with Gasteiger partial charge < -0.3 is 9.47 Å². The summed E-state index contributed by atoms with van der Waals surface area (Å²) in [5.41, 5.74) is 3.00. The molecule has 0 aliphatic carbocycles. The second-order valence-corrected chi connectivity index (χ2v) is 6.68. The first kappa shape index (κ1) is 17.8. The maximum Gasteiger partial charge on any atom is 0.254 e. The first-order valence-corrected chi connectivity index (χ1v) is 9.07. The third kappa shape index (κ3) is 3.24. The molecule has 1 amide bonds. The van der Waals surface area contributed by atoms with Crippen molar-refractivity contribution < 1.29 is 4.79 Å². The van der Waals surface area contributed by atoms with Gasteiger partial charge in [0.2, 0.25) is 0 Å². The van der Waals surface area contributed by atoms with Crippen LogP contribution in [0.4, 0.5) is 0 Å². The summed E-state index contributed by atoms with van der Waals surface area (Å²) in [4.78, 5) is 19.6. The Morgan fingerprint density at radius 2 is 2.07 bits per heavy atom. The second kappa shape index (κ2) is 7.22. The maximum atomic E-state index is 13.3. The van der Waals surface area contributed by atoms with Crippen LogP contribution in [0.3, 0.4) is 0 Å². The van der Waals surface area contributed by atoms with E-state index in [1.165, 1.54) is 0 Å². The van der Waals surface area contributed by atoms with Gasteiger partial charge in [-0.15, -0.1) is 10.2 Å². The Morgan fingerprint density at radius 1 is 1.25 bits per heavy atom. The molecule has 0 bridgehead atoms. The molecule has 8 heteroatoms. The van der Waals surface area contributed by atoms with E-state index in [-0.39, 0.29) is 5.91 Å². The number of carbonyl (C=O) groups excluding carboxylic acids is 1. The fourth-order valence-corrected chi connectivity index (χ4v) is 3.11. The molecule has 0 fully saturated rings. The Labute approximate surface area is 162 Å². The number of aromatic nitrogens is 6. The highest BCUT2D eigenvalue weighted by Crippen LogP contribution is 2.25. The third-order valence-electron chi connectivity index (χ3n) is 4.73. The van der Waals surface area contributed by atoms with Gasteiger partial charge in [0.1, 0.15) is 6.33 Å². The molecular weight excluding hydrogens is 354 g/mol. The van der Waals surface area contributed by atoms with Crippen molar-refractivity contribution in [1.29, 1.82) is 0 Å². The predicted molar refractivity (Wildman–Crippen MR) is 105 cm³/mol. The molecule has 1 aromatic carbocycles. The lowest BCUT2D eigenvalue weighted by Gasteiger charge is -2.18. The standard InChI is InChI=1S/C20H21N7O/c1-4-27-11-14(10-22-27)18-9-16(15-7-5-6-8-17(15)23-18)20(28)25(2)12-19-24-21-13-26(19)3/h5-11,13H,4,12H2,1-3H3. The number of rotatable bonds is 5. The Bertz CT molecular complexity index is 1140. The Balaban J connectivity index is 1.76. The third-order valence-corrected chi connectivity index (χ3v) is 4.73. The highest BCUT2D eigenvalue weighted by atomic mass is 16.2. The number of benzene rings is 1. The largest absolute Gasteiger partial charge is 0.334 e. The van der Waals surface area contributed by atoms with Crippen molar-refractivity contribution in [2.75, 3.05) is 7.05 Å². The number of hydrogen-bond acceptors (Lipinski definition) is 5. The number of para-hydroxylation sites is 1. The molecule has 0 aliphatic rings. The summed E-state index contributed by atoms with van der Waals surface area (Å²) in [5, 5.41) is 13.1. The van der Waals surface area contributed by atoms with Gasteiger partial charge in [-0.05, 0) is 19.1 Å². The molecule has 0 radical (unpaired) electrons. The van der Waals surface area contributed by atoms with Gasteiger partial charge in [0.25, 0.3) is 5.91 Å². The van der Waals surface area contributed by atoms with Crippen LogP contribution in [-0.2, 0) is 20.1 Å². The van der Waals surface area contributed by atoms with Gasteiger partial charge in [0, 0.05) is 37.8 Å². The smallest absolute Gasteiger partial charge is 0.254 e. The van der Waals surface area contributed by atoms with E-state index in [1.807, 2.05) is 55.2 Å². The summed E-state index contributed by atoms with van der Waals surface area (Å²) in [7, 11) is 3.62. The van der Waals surface area contributed by atoms with Crippen LogP contribution in [0.25, 0.3) is 22.2 Å². The predicted octanol–water partition coefficient (Wildman–Crippen LogP) is 2.52. The number of hydrogen-bond donors (Lipinski definition) is 0. The van der Waals surface area contributed by atoms with Crippen LogP contribution in [0.2, 0.25) is 0 Å². The summed E-state index contributed by atoms with van der Waals surface area (Å²) in [6.45, 7) is 3.18. The van der Waals surface area contributed by atoms with Crippen LogP contribution < -0.4 is 0 Å². The van der Waals surface area contributed by atoms with E-state index >= 15 is 0 Å². The molecule has 4 aromatic rings. The summed E-state index contributed by atoms with van der Waals surface area (Å²) in [6, 6.07) is 9.52. The van der Waals surface area contributed by atoms with Crippen LogP contribution in [0.15, 0.2) is 49.1 Å². The molecule has 8 nitrogen and oxygen atoms in total. The molecule has 4 rings (SSSR count). The van der Waals surface area contributed by atoms with Crippen molar-refractivity contribution in [3.63, 3.8) is 0 Å². The average molecular weight is 375 g/mol. The molecule has 0 saturated heterocycles. The molecular formula is C20H21N7O. The summed E-state index contributed by atoms with van der Waals surface area (Å²) < 4.78 is 3.65. The molecule has 3 heterocycles. The SMILES string of the molecule is CCn1cc(-c2cc(C(=O)N(C)Cc3nncn3C)c3ccccc3n2)cn1. The highest BCUT2D eigenvalue weighted by Gasteiger charge is 2.19. The highest BCUT2D eigenvalue weighted by molar-refractivity contribution is 6.07. The van der Waals surface area contributed by atoms with Crippen molar-refractivity contribution in [2.24, 2.45) is 7.05 Å². The lowest BCUT2D eigenvalue weighted by Crippen LogP contribution is -2.27. The molecule has 142 valence electrons. The number of fused-ring (bicyclic) bond motifs is 1. The van der Waals surface area contributed by atoms with Gasteiger partial charge in [0.05, 0.1) is 29.5 Å². The fourth-order valence-electron chi connectivity index (χ4n) is 3.11. The lowest BCUT2D eigenvalue weighted by atomic mass is 10.0. The van der Waals surface area contributed by atoms with E-state index in [4.69, 9.17) is 4.98 Å². The molecule has 28 heavy (non-hydrogen) atoms. The number of carbonyl (C=O) groups is 1. The molecule has 0 aliphatic heterocycles.